The van der Waals surface area contributed by atoms with Crippen LogP contribution in [0.2, 0.25) is 0 Å². The van der Waals surface area contributed by atoms with Crippen molar-refractivity contribution in [1.29, 1.82) is 0 Å². The molecule has 0 saturated heterocycles. The van der Waals surface area contributed by atoms with Crippen molar-refractivity contribution < 1.29 is 11.3 Å². The van der Waals surface area contributed by atoms with E-state index in [0.717, 1.165) is 29.7 Å². The highest BCUT2D eigenvalue weighted by Gasteiger charge is 2.04. The third kappa shape index (κ3) is 7.32. The second-order valence-corrected chi connectivity index (χ2v) is 7.10. The van der Waals surface area contributed by atoms with Crippen LogP contribution in [0.15, 0.2) is 73.1 Å². The molecule has 0 unspecified atom stereocenters. The van der Waals surface area contributed by atoms with E-state index >= 15 is 0 Å². The van der Waals surface area contributed by atoms with Gasteiger partial charge in [0.2, 0.25) is 0 Å². The first-order valence-electron chi connectivity index (χ1n) is 11.2. The van der Waals surface area contributed by atoms with E-state index < -0.39 is 0 Å². The van der Waals surface area contributed by atoms with Crippen molar-refractivity contribution in [2.75, 3.05) is 0 Å². The Kier molecular flexibility index (Phi) is 9.42. The van der Waals surface area contributed by atoms with Gasteiger partial charge in [0, 0.05) is 13.8 Å². The van der Waals surface area contributed by atoms with Crippen molar-refractivity contribution in [3.05, 3.63) is 107 Å². The van der Waals surface area contributed by atoms with Gasteiger partial charge in [-0.2, -0.15) is 10.2 Å². The molecule has 2 heterocycles. The second-order valence-electron chi connectivity index (χ2n) is 7.10. The van der Waals surface area contributed by atoms with Crippen LogP contribution < -0.4 is 0 Å². The van der Waals surface area contributed by atoms with Gasteiger partial charge in [0.25, 0.3) is 0 Å². The van der Waals surface area contributed by atoms with Gasteiger partial charge >= 0.3 is 0 Å². The number of aliphatic hydroxyl groups excluding tert-OH is 1. The van der Waals surface area contributed by atoms with E-state index in [9.17, 15) is 4.79 Å². The number of benzene rings is 2. The maximum Gasteiger partial charge on any atom is 0.170 e. The summed E-state index contributed by atoms with van der Waals surface area (Å²) < 4.78 is 9.85. The molecule has 2 aromatic carbocycles. The van der Waals surface area contributed by atoms with Crippen molar-refractivity contribution >= 4 is 6.29 Å². The van der Waals surface area contributed by atoms with Gasteiger partial charge < -0.3 is 5.11 Å². The highest BCUT2D eigenvalue weighted by Crippen LogP contribution is 2.08. The first kappa shape index (κ1) is 23.2. The summed E-state index contributed by atoms with van der Waals surface area (Å²) in [5, 5.41) is 17.5. The molecule has 168 valence electrons. The molecule has 0 aliphatic carbocycles. The minimum atomic E-state index is 0.00756. The van der Waals surface area contributed by atoms with E-state index in [-0.39, 0.29) is 6.61 Å². The normalized spacial score (nSPS) is 10.3. The largest absolute Gasteiger partial charge is 0.390 e. The summed E-state index contributed by atoms with van der Waals surface area (Å²) in [6, 6.07) is 20.2. The standard InChI is InChI=1S/C12H14N2O.C12H12N2O.C2H6/c2*1-10-7-14(13-12(10)9-15)8-11-5-3-2-4-6-11;1-2/h2-7,15H,8-9H2,1H3;2-7,9H,8H2,1H3;1-2H3/i;;1D. The SMILES string of the molecule is Cc1cn(Cc2ccccc2)nc1C=O.Cc1cn(Cc2ccccc2)nc1CO.[2H]CC. The van der Waals surface area contributed by atoms with Gasteiger partial charge in [-0.05, 0) is 36.1 Å². The number of carbonyl (C=O) groups excluding carboxylic acids is 1. The predicted molar refractivity (Wildman–Crippen MR) is 128 cm³/mol. The third-order valence-corrected chi connectivity index (χ3v) is 4.67. The first-order chi connectivity index (χ1) is 16.0. The van der Waals surface area contributed by atoms with Crippen molar-refractivity contribution in [1.82, 2.24) is 19.6 Å². The van der Waals surface area contributed by atoms with Crippen molar-refractivity contribution in [2.24, 2.45) is 0 Å². The topological polar surface area (TPSA) is 72.9 Å². The Morgan fingerprint density at radius 2 is 1.34 bits per heavy atom. The molecular weight excluding hydrogens is 400 g/mol. The maximum atomic E-state index is 10.6. The van der Waals surface area contributed by atoms with Gasteiger partial charge in [-0.15, -0.1) is 0 Å². The molecule has 0 atom stereocenters. The summed E-state index contributed by atoms with van der Waals surface area (Å²) in [5.41, 5.74) is 5.62. The number of hydrogen-bond acceptors (Lipinski definition) is 4. The number of nitrogens with zero attached hydrogens (tertiary/aromatic N) is 4. The Morgan fingerprint density at radius 3 is 1.75 bits per heavy atom. The van der Waals surface area contributed by atoms with E-state index in [2.05, 4.69) is 22.3 Å². The number of carbonyl (C=O) groups is 1. The zero-order valence-corrected chi connectivity index (χ0v) is 19.0. The first-order valence-corrected chi connectivity index (χ1v) is 10.5. The molecule has 4 aromatic rings. The van der Waals surface area contributed by atoms with Crippen LogP contribution in [0.5, 0.6) is 0 Å². The van der Waals surface area contributed by atoms with E-state index in [1.165, 1.54) is 11.1 Å². The molecule has 6 nitrogen and oxygen atoms in total. The molecule has 0 amide bonds. The third-order valence-electron chi connectivity index (χ3n) is 4.67. The van der Waals surface area contributed by atoms with Crippen LogP contribution in [-0.4, -0.2) is 31.0 Å². The second kappa shape index (κ2) is 13.0. The fourth-order valence-corrected chi connectivity index (χ4v) is 3.07. The number of rotatable bonds is 6. The molecular formula is C26H32N4O2. The fraction of sp³-hybridized carbons (Fsp3) is 0.269. The summed E-state index contributed by atoms with van der Waals surface area (Å²) in [4.78, 5) is 10.6. The lowest BCUT2D eigenvalue weighted by atomic mass is 10.2. The number of aldehydes is 1. The number of aliphatic hydroxyl groups is 1. The molecule has 0 aliphatic heterocycles. The number of aromatic nitrogens is 4. The van der Waals surface area contributed by atoms with Gasteiger partial charge in [-0.25, -0.2) is 0 Å². The lowest BCUT2D eigenvalue weighted by Gasteiger charge is -2.00. The van der Waals surface area contributed by atoms with Crippen LogP contribution in [0.3, 0.4) is 0 Å². The average Bonchev–Trinajstić information content (AvgIpc) is 3.36. The molecule has 0 bridgehead atoms. The van der Waals surface area contributed by atoms with Crippen LogP contribution in [-0.2, 0) is 19.7 Å². The number of hydrogen-bond donors (Lipinski definition) is 1. The van der Waals surface area contributed by atoms with Crippen molar-refractivity contribution in [3.63, 3.8) is 0 Å². The smallest absolute Gasteiger partial charge is 0.170 e. The van der Waals surface area contributed by atoms with E-state index in [1.807, 2.05) is 79.5 Å². The van der Waals surface area contributed by atoms with Crippen LogP contribution in [0.4, 0.5) is 0 Å². The highest BCUT2D eigenvalue weighted by atomic mass is 16.3. The lowest BCUT2D eigenvalue weighted by molar-refractivity contribution is 0.111. The molecule has 1 N–H and O–H groups in total. The molecule has 6 heteroatoms. The number of aryl methyl sites for hydroxylation is 2. The van der Waals surface area contributed by atoms with Gasteiger partial charge in [-0.1, -0.05) is 74.5 Å². The summed E-state index contributed by atoms with van der Waals surface area (Å²) in [6.07, 6.45) is 4.63. The van der Waals surface area contributed by atoms with Gasteiger partial charge in [0.15, 0.2) is 6.29 Å². The van der Waals surface area contributed by atoms with E-state index in [0.29, 0.717) is 19.1 Å². The lowest BCUT2D eigenvalue weighted by Crippen LogP contribution is -2.00. The zero-order valence-electron chi connectivity index (χ0n) is 20.0. The van der Waals surface area contributed by atoms with Gasteiger partial charge in [0.05, 0.1) is 25.4 Å². The Balaban J connectivity index is 0.000000209. The van der Waals surface area contributed by atoms with E-state index in [4.69, 9.17) is 6.48 Å². The Hall–Kier alpha value is -3.51. The Labute approximate surface area is 191 Å². The molecule has 0 spiro atoms. The maximum absolute atomic E-state index is 10.6. The highest BCUT2D eigenvalue weighted by molar-refractivity contribution is 5.73. The fourth-order valence-electron chi connectivity index (χ4n) is 3.07. The van der Waals surface area contributed by atoms with E-state index in [1.54, 1.807) is 11.6 Å². The minimum absolute atomic E-state index is 0.00756. The molecule has 4 rings (SSSR count). The summed E-state index contributed by atoms with van der Waals surface area (Å²) in [6.45, 7) is 7.60. The molecule has 0 fully saturated rings. The molecule has 32 heavy (non-hydrogen) atoms. The zero-order chi connectivity index (χ0) is 24.1. The predicted octanol–water partition coefficient (Wildman–Crippen LogP) is 4.81. The van der Waals surface area contributed by atoms with Gasteiger partial charge in [0.1, 0.15) is 5.69 Å². The molecule has 0 aliphatic rings. The van der Waals surface area contributed by atoms with Crippen molar-refractivity contribution in [2.45, 2.75) is 47.4 Å². The molecule has 0 saturated carbocycles. The monoisotopic (exact) mass is 433 g/mol. The van der Waals surface area contributed by atoms with Crippen LogP contribution in [0, 0.1) is 13.8 Å². The summed E-state index contributed by atoms with van der Waals surface area (Å²) in [5.74, 6) is 0. The van der Waals surface area contributed by atoms with Gasteiger partial charge in [-0.3, -0.25) is 14.2 Å². The quantitative estimate of drug-likeness (QED) is 0.443. The molecule has 0 radical (unpaired) electrons. The average molecular weight is 434 g/mol. The summed E-state index contributed by atoms with van der Waals surface area (Å²) in [7, 11) is 0. The van der Waals surface area contributed by atoms with Crippen LogP contribution >= 0.6 is 0 Å². The Morgan fingerprint density at radius 1 is 0.875 bits per heavy atom. The van der Waals surface area contributed by atoms with Crippen LogP contribution in [0.1, 0.15) is 53.6 Å². The Bertz CT molecular complexity index is 1090. The molecule has 2 aromatic heterocycles. The summed E-state index contributed by atoms with van der Waals surface area (Å²) >= 11 is 0. The minimum Gasteiger partial charge on any atom is -0.390 e. The van der Waals surface area contributed by atoms with Crippen LogP contribution in [0.25, 0.3) is 0 Å². The van der Waals surface area contributed by atoms with Crippen molar-refractivity contribution in [3.8, 4) is 0 Å².